The lowest BCUT2D eigenvalue weighted by Crippen LogP contribution is -2.32. The fraction of sp³-hybridized carbons (Fsp3) is 0.340. The van der Waals surface area contributed by atoms with Gasteiger partial charge in [-0.25, -0.2) is 39.5 Å². The van der Waals surface area contributed by atoms with E-state index in [2.05, 4.69) is 88.3 Å². The summed E-state index contributed by atoms with van der Waals surface area (Å²) in [5.41, 5.74) is 9.92. The molecule has 74 heavy (non-hydrogen) atoms. The third-order valence-corrected chi connectivity index (χ3v) is 13.4. The molecule has 6 aromatic heterocycles. The standard InChI is InChI=1S/C24H26N6O2S.C21H25N5O3.C8H11NO2S/c1-14-10-16(18-8-9-25-23(28-18)29-19-13-32-30-15(19)2)6-7-17(14)11-26-21(31)20-12-27-22(33-20)24(3,4)5;1-13-10-15(6-7-16(13)11-23-20(27)29-21(3,4)5)17-8-9-22-19(24-17)25-18-12-28-26-14(18)2;1-8(2,3)7-9-4-5(12-7)6(10)11/h6-10,12-13H,11H2,1-5H3,(H,26,31)(H,25,28,29);6-10,12H,11H2,1-5H3,(H,23,27)(H,22,24,25);4H,1-3H3,(H,10,11). The second kappa shape index (κ2) is 23.8. The Balaban J connectivity index is 0.000000199. The first-order valence-corrected chi connectivity index (χ1v) is 25.1. The third kappa shape index (κ3) is 15.8. The maximum atomic E-state index is 12.6. The van der Waals surface area contributed by atoms with Crippen molar-refractivity contribution in [2.75, 3.05) is 10.6 Å². The zero-order valence-electron chi connectivity index (χ0n) is 43.8. The Hall–Kier alpha value is -7.91. The molecule has 0 aliphatic rings. The highest BCUT2D eigenvalue weighted by Crippen LogP contribution is 2.29. The molecule has 5 N–H and O–H groups in total. The molecule has 0 saturated heterocycles. The van der Waals surface area contributed by atoms with Gasteiger partial charge in [0.2, 0.25) is 11.9 Å². The van der Waals surface area contributed by atoms with Crippen LogP contribution >= 0.6 is 22.7 Å². The van der Waals surface area contributed by atoms with Crippen LogP contribution < -0.4 is 21.3 Å². The SMILES string of the molecule is CC(C)(C)c1ncc(C(=O)O)s1.Cc1cc(-c2ccnc(Nc3conc3C)n2)ccc1CNC(=O)OC(C)(C)C.Cc1cc(-c2ccnc(Nc3conc3C)n2)ccc1CNC(=O)c1cnc(C(C)(C)C)s1. The molecule has 19 nitrogen and oxygen atoms in total. The summed E-state index contributed by atoms with van der Waals surface area (Å²) in [7, 11) is 0. The highest BCUT2D eigenvalue weighted by molar-refractivity contribution is 7.14. The fourth-order valence-corrected chi connectivity index (χ4v) is 8.22. The molecule has 0 bridgehead atoms. The Kier molecular flexibility index (Phi) is 17.8. The van der Waals surface area contributed by atoms with Gasteiger partial charge >= 0.3 is 12.1 Å². The number of thiazole rings is 2. The largest absolute Gasteiger partial charge is 0.477 e. The van der Waals surface area contributed by atoms with E-state index in [9.17, 15) is 14.4 Å². The number of nitrogens with one attached hydrogen (secondary N) is 4. The number of hydrogen-bond donors (Lipinski definition) is 5. The minimum absolute atomic E-state index is 0.0572. The number of carboxylic acid groups (broad SMARTS) is 1. The van der Waals surface area contributed by atoms with Crippen molar-refractivity contribution in [1.29, 1.82) is 0 Å². The van der Waals surface area contributed by atoms with Gasteiger partial charge in [0, 0.05) is 47.4 Å². The number of carboxylic acids is 1. The molecule has 0 fully saturated rings. The monoisotopic (exact) mass is 1040 g/mol. The van der Waals surface area contributed by atoms with Crippen molar-refractivity contribution in [3.8, 4) is 22.5 Å². The van der Waals surface area contributed by atoms with Crippen LogP contribution in [0.4, 0.5) is 28.1 Å². The molecule has 21 heteroatoms. The van der Waals surface area contributed by atoms with Crippen LogP contribution in [0.1, 0.15) is 125 Å². The first kappa shape index (κ1) is 55.4. The summed E-state index contributed by atoms with van der Waals surface area (Å²) in [5.74, 6) is -0.0841. The first-order valence-electron chi connectivity index (χ1n) is 23.5. The first-order chi connectivity index (χ1) is 34.8. The lowest BCUT2D eigenvalue weighted by atomic mass is 9.98. The Bertz CT molecular complexity index is 3210. The Morgan fingerprint density at radius 2 is 1.05 bits per heavy atom. The number of carbonyl (C=O) groups is 3. The molecule has 388 valence electrons. The molecule has 8 aromatic rings. The topological polar surface area (TPSA) is 258 Å². The number of carbonyl (C=O) groups excluding carboxylic acids is 2. The van der Waals surface area contributed by atoms with E-state index in [1.807, 2.05) is 112 Å². The molecule has 6 heterocycles. The van der Waals surface area contributed by atoms with E-state index in [1.165, 1.54) is 41.4 Å². The van der Waals surface area contributed by atoms with Crippen LogP contribution in [0.5, 0.6) is 0 Å². The highest BCUT2D eigenvalue weighted by atomic mass is 32.1. The van der Waals surface area contributed by atoms with E-state index in [1.54, 1.807) is 18.6 Å². The van der Waals surface area contributed by atoms with Gasteiger partial charge in [-0.05, 0) is 95.0 Å². The van der Waals surface area contributed by atoms with Gasteiger partial charge in [-0.3, -0.25) is 4.79 Å². The van der Waals surface area contributed by atoms with Crippen molar-refractivity contribution >= 4 is 63.9 Å². The number of ether oxygens (including phenoxy) is 1. The molecule has 0 aliphatic heterocycles. The van der Waals surface area contributed by atoms with Gasteiger partial charge in [0.1, 0.15) is 50.6 Å². The fourth-order valence-electron chi connectivity index (χ4n) is 6.52. The van der Waals surface area contributed by atoms with E-state index in [4.69, 9.17) is 18.9 Å². The van der Waals surface area contributed by atoms with E-state index in [-0.39, 0.29) is 16.7 Å². The van der Waals surface area contributed by atoms with Crippen LogP contribution in [0.2, 0.25) is 0 Å². The number of amides is 2. The minimum Gasteiger partial charge on any atom is -0.477 e. The Morgan fingerprint density at radius 3 is 1.43 bits per heavy atom. The number of benzene rings is 2. The summed E-state index contributed by atoms with van der Waals surface area (Å²) in [6.45, 7) is 26.3. The van der Waals surface area contributed by atoms with Crippen molar-refractivity contribution in [2.45, 2.75) is 120 Å². The molecule has 0 aliphatic carbocycles. The van der Waals surface area contributed by atoms with Gasteiger partial charge in [0.25, 0.3) is 5.91 Å². The zero-order valence-corrected chi connectivity index (χ0v) is 45.4. The summed E-state index contributed by atoms with van der Waals surface area (Å²) in [5, 5.41) is 30.1. The van der Waals surface area contributed by atoms with Gasteiger partial charge in [0.15, 0.2) is 0 Å². The summed E-state index contributed by atoms with van der Waals surface area (Å²) in [4.78, 5) is 62.0. The van der Waals surface area contributed by atoms with Gasteiger partial charge < -0.3 is 40.2 Å². The van der Waals surface area contributed by atoms with Crippen LogP contribution in [-0.2, 0) is 28.7 Å². The average molecular weight is 1040 g/mol. The third-order valence-electron chi connectivity index (χ3n) is 10.6. The van der Waals surface area contributed by atoms with Crippen LogP contribution in [0.15, 0.2) is 94.9 Å². The Labute approximate surface area is 438 Å². The van der Waals surface area contributed by atoms with Gasteiger partial charge in [-0.15, -0.1) is 22.7 Å². The van der Waals surface area contributed by atoms with Crippen LogP contribution in [0.25, 0.3) is 22.5 Å². The molecular formula is C53H62N12O7S2. The Morgan fingerprint density at radius 1 is 0.608 bits per heavy atom. The van der Waals surface area contributed by atoms with Crippen LogP contribution in [-0.4, -0.2) is 68.9 Å². The van der Waals surface area contributed by atoms with Crippen LogP contribution in [0, 0.1) is 27.7 Å². The molecule has 2 amide bonds. The molecule has 0 atom stereocenters. The van der Waals surface area contributed by atoms with Crippen molar-refractivity contribution in [3.63, 3.8) is 0 Å². The maximum Gasteiger partial charge on any atom is 0.407 e. The average Bonchev–Trinajstić information content (AvgIpc) is 4.18. The summed E-state index contributed by atoms with van der Waals surface area (Å²) in [6, 6.07) is 15.7. The lowest BCUT2D eigenvalue weighted by Gasteiger charge is -2.20. The normalized spacial score (nSPS) is 11.4. The van der Waals surface area contributed by atoms with E-state index in [0.717, 1.165) is 77.5 Å². The second-order valence-electron chi connectivity index (χ2n) is 20.1. The van der Waals surface area contributed by atoms with Crippen molar-refractivity contribution in [1.82, 2.24) is 50.9 Å². The van der Waals surface area contributed by atoms with Crippen molar-refractivity contribution < 1.29 is 33.3 Å². The molecule has 0 saturated carbocycles. The lowest BCUT2D eigenvalue weighted by molar-refractivity contribution is 0.0522. The summed E-state index contributed by atoms with van der Waals surface area (Å²) < 4.78 is 15.1. The van der Waals surface area contributed by atoms with Gasteiger partial charge in [-0.1, -0.05) is 76.1 Å². The predicted molar refractivity (Wildman–Crippen MR) is 286 cm³/mol. The van der Waals surface area contributed by atoms with Crippen molar-refractivity contribution in [3.05, 3.63) is 139 Å². The predicted octanol–water partition coefficient (Wildman–Crippen LogP) is 11.8. The number of rotatable bonds is 12. The summed E-state index contributed by atoms with van der Waals surface area (Å²) >= 11 is 2.67. The quantitative estimate of drug-likeness (QED) is 0.0762. The number of anilines is 4. The number of nitrogens with zero attached hydrogens (tertiary/aromatic N) is 8. The van der Waals surface area contributed by atoms with Crippen molar-refractivity contribution in [2.24, 2.45) is 0 Å². The number of aryl methyl sites for hydroxylation is 4. The molecule has 0 spiro atoms. The molecule has 8 rings (SSSR count). The molecule has 0 radical (unpaired) electrons. The molecular weight excluding hydrogens is 981 g/mol. The number of aromatic carboxylic acids is 1. The highest BCUT2D eigenvalue weighted by Gasteiger charge is 2.22. The minimum atomic E-state index is -0.900. The summed E-state index contributed by atoms with van der Waals surface area (Å²) in [6.07, 6.45) is 9.07. The molecule has 0 unspecified atom stereocenters. The second-order valence-corrected chi connectivity index (χ2v) is 22.2. The number of alkyl carbamates (subject to hydrolysis) is 1. The van der Waals surface area contributed by atoms with E-state index < -0.39 is 17.7 Å². The van der Waals surface area contributed by atoms with E-state index in [0.29, 0.717) is 34.7 Å². The van der Waals surface area contributed by atoms with Gasteiger partial charge in [-0.2, -0.15) is 0 Å². The smallest absolute Gasteiger partial charge is 0.407 e. The number of aromatic nitrogens is 8. The van der Waals surface area contributed by atoms with Gasteiger partial charge in [0.05, 0.1) is 33.8 Å². The molecule has 2 aromatic carbocycles. The maximum absolute atomic E-state index is 12.6. The zero-order chi connectivity index (χ0) is 54.0. The van der Waals surface area contributed by atoms with E-state index >= 15 is 0 Å². The number of hydrogen-bond acceptors (Lipinski definition) is 18. The van der Waals surface area contributed by atoms with Crippen LogP contribution in [0.3, 0.4) is 0 Å².